The second-order valence-electron chi connectivity index (χ2n) is 42.1. The summed E-state index contributed by atoms with van der Waals surface area (Å²) in [6.07, 6.45) is 102. The Morgan fingerprint density at radius 2 is 0.313 bits per heavy atom. The Morgan fingerprint density at radius 3 is 0.476 bits per heavy atom. The van der Waals surface area contributed by atoms with Crippen LogP contribution in [0.4, 0.5) is 0 Å². The van der Waals surface area contributed by atoms with Crippen molar-refractivity contribution in [3.63, 3.8) is 0 Å². The first-order chi connectivity index (χ1) is 72.2. The number of nitrogens with zero attached hydrogens (tertiary/aromatic N) is 3. The van der Waals surface area contributed by atoms with E-state index >= 15 is 0 Å². The van der Waals surface area contributed by atoms with E-state index in [1.165, 1.54) is 154 Å². The van der Waals surface area contributed by atoms with Gasteiger partial charge in [0.05, 0.1) is 37.6 Å². The molecule has 0 spiro atoms. The van der Waals surface area contributed by atoms with E-state index in [0.717, 1.165) is 329 Å². The van der Waals surface area contributed by atoms with Gasteiger partial charge in [0, 0.05) is 58.2 Å². The molecule has 21 nitrogen and oxygen atoms in total. The lowest BCUT2D eigenvalue weighted by molar-refractivity contribution is -0.161. The van der Waals surface area contributed by atoms with Crippen molar-refractivity contribution in [3.05, 3.63) is 72.9 Å². The van der Waals surface area contributed by atoms with Crippen molar-refractivity contribution < 1.29 is 85.8 Å². The number of carbonyl (C=O) groups is 9. The number of esters is 9. The van der Waals surface area contributed by atoms with Crippen molar-refractivity contribution in [2.24, 2.45) is 17.8 Å². The maximum atomic E-state index is 14.6. The highest BCUT2D eigenvalue weighted by Gasteiger charge is 2.41. The first kappa shape index (κ1) is 139. The minimum absolute atomic E-state index is 0.128. The second-order valence-corrected chi connectivity index (χ2v) is 42.1. The predicted molar refractivity (Wildman–Crippen MR) is 607 cm³/mol. The zero-order valence-electron chi connectivity index (χ0n) is 95.7. The molecule has 1 aliphatic rings. The van der Waals surface area contributed by atoms with Gasteiger partial charge in [-0.1, -0.05) is 384 Å². The molecule has 1 rings (SSSR count). The molecule has 0 bridgehead atoms. The van der Waals surface area contributed by atoms with E-state index in [0.29, 0.717) is 97.4 Å². The number of allylic oxidation sites excluding steroid dienone is 6. The van der Waals surface area contributed by atoms with Crippen LogP contribution in [-0.2, 0) is 85.8 Å². The van der Waals surface area contributed by atoms with Crippen LogP contribution in [0, 0.1) is 17.8 Å². The van der Waals surface area contributed by atoms with Crippen molar-refractivity contribution in [2.45, 2.75) is 542 Å². The zero-order valence-corrected chi connectivity index (χ0v) is 95.7. The van der Waals surface area contributed by atoms with Crippen molar-refractivity contribution >= 4 is 53.7 Å². The SMILES string of the molecule is CCCCCC/C=C\COC(=O)CCCCCCCCN(CCCCCCCCC(=O)OC/C=C\CCCCCC)CCCOC(=O)[C@H]1C[C@@H](C(=O)OCCCN(CCCCCCCCC(=O)OC/C=C\CCCCCC)CCCCCCCCC(=O)OC/C=C\CCCCCC)C[C@@H](C(=O)OCCCN(CCCCCCCCC(=O)OC/C=C\CCCCCC)CCCCCCCCC(=O)OC/C=C\CCCCCC)C1. The number of unbranched alkanes of at least 4 members (excludes halogenated alkanes) is 54. The van der Waals surface area contributed by atoms with Gasteiger partial charge in [-0.3, -0.25) is 43.2 Å². The molecule has 1 fully saturated rings. The van der Waals surface area contributed by atoms with Gasteiger partial charge < -0.3 is 57.3 Å². The fourth-order valence-electron chi connectivity index (χ4n) is 19.0. The fraction of sp³-hybridized carbons (Fsp3) is 0.833. The van der Waals surface area contributed by atoms with Crippen LogP contribution >= 0.6 is 0 Å². The van der Waals surface area contributed by atoms with E-state index < -0.39 is 35.7 Å². The number of carbonyl (C=O) groups excluding carboxylic acids is 9. The van der Waals surface area contributed by atoms with E-state index in [1.54, 1.807) is 0 Å². The van der Waals surface area contributed by atoms with Gasteiger partial charge in [-0.25, -0.2) is 0 Å². The van der Waals surface area contributed by atoms with Gasteiger partial charge >= 0.3 is 53.7 Å². The Balaban J connectivity index is 3.38. The van der Waals surface area contributed by atoms with Crippen LogP contribution in [0.25, 0.3) is 0 Å². The first-order valence-electron chi connectivity index (χ1n) is 61.7. The topological polar surface area (TPSA) is 246 Å². The average Bonchev–Trinajstić information content (AvgIpc) is 0.824. The van der Waals surface area contributed by atoms with E-state index in [4.69, 9.17) is 42.6 Å². The van der Waals surface area contributed by atoms with Gasteiger partial charge in [0.1, 0.15) is 39.6 Å². The molecule has 0 N–H and O–H groups in total. The van der Waals surface area contributed by atoms with E-state index in [2.05, 4.69) is 92.7 Å². The monoisotopic (exact) mass is 2070 g/mol. The van der Waals surface area contributed by atoms with Gasteiger partial charge in [0.15, 0.2) is 0 Å². The zero-order chi connectivity index (χ0) is 106. The number of rotatable bonds is 111. The molecule has 1 saturated carbocycles. The third kappa shape index (κ3) is 97.5. The molecule has 0 saturated heterocycles. The molecule has 0 aromatic carbocycles. The third-order valence-electron chi connectivity index (χ3n) is 28.3. The lowest BCUT2D eigenvalue weighted by atomic mass is 9.75. The molecular weight excluding hydrogens is 1840 g/mol. The van der Waals surface area contributed by atoms with Crippen molar-refractivity contribution in [3.8, 4) is 0 Å². The summed E-state index contributed by atoms with van der Waals surface area (Å²) in [7, 11) is 0. The number of ether oxygens (including phenoxy) is 9. The molecule has 0 heterocycles. The van der Waals surface area contributed by atoms with Gasteiger partial charge in [-0.05, 0) is 232 Å². The summed E-state index contributed by atoms with van der Waals surface area (Å²) in [5.74, 6) is -4.02. The van der Waals surface area contributed by atoms with Crippen molar-refractivity contribution in [1.29, 1.82) is 0 Å². The Hall–Kier alpha value is -6.45. The normalized spacial score (nSPS) is 14.0. The highest BCUT2D eigenvalue weighted by atomic mass is 16.6. The van der Waals surface area contributed by atoms with E-state index in [9.17, 15) is 43.2 Å². The van der Waals surface area contributed by atoms with Gasteiger partial charge in [-0.15, -0.1) is 0 Å². The molecule has 0 aliphatic heterocycles. The summed E-state index contributed by atoms with van der Waals surface area (Å²) in [4.78, 5) is 126. The molecule has 21 heteroatoms. The van der Waals surface area contributed by atoms with Crippen LogP contribution in [0.15, 0.2) is 72.9 Å². The highest BCUT2D eigenvalue weighted by molar-refractivity contribution is 5.80. The van der Waals surface area contributed by atoms with Crippen molar-refractivity contribution in [1.82, 2.24) is 14.7 Å². The van der Waals surface area contributed by atoms with Crippen LogP contribution in [0.5, 0.6) is 0 Å². The first-order valence-corrected chi connectivity index (χ1v) is 61.7. The maximum Gasteiger partial charge on any atom is 0.308 e. The third-order valence-corrected chi connectivity index (χ3v) is 28.3. The summed E-state index contributed by atoms with van der Waals surface area (Å²) >= 11 is 0. The van der Waals surface area contributed by atoms with Crippen LogP contribution in [0.2, 0.25) is 0 Å². The average molecular weight is 2070 g/mol. The molecule has 0 radical (unpaired) electrons. The van der Waals surface area contributed by atoms with E-state index in [-0.39, 0.29) is 74.9 Å². The smallest absolute Gasteiger partial charge is 0.308 e. The molecule has 852 valence electrons. The number of hydrogen-bond acceptors (Lipinski definition) is 21. The minimum Gasteiger partial charge on any atom is -0.465 e. The van der Waals surface area contributed by atoms with E-state index in [1.807, 2.05) is 36.5 Å². The fourth-order valence-corrected chi connectivity index (χ4v) is 19.0. The summed E-state index contributed by atoms with van der Waals surface area (Å²) in [6.45, 7) is 23.9. The molecule has 1 aliphatic carbocycles. The molecule has 147 heavy (non-hydrogen) atoms. The Bertz CT molecular complexity index is 2730. The number of hydrogen-bond donors (Lipinski definition) is 0. The van der Waals surface area contributed by atoms with Crippen LogP contribution in [0.3, 0.4) is 0 Å². The van der Waals surface area contributed by atoms with Gasteiger partial charge in [0.25, 0.3) is 0 Å². The molecule has 0 aromatic rings. The lowest BCUT2D eigenvalue weighted by Crippen LogP contribution is -2.37. The van der Waals surface area contributed by atoms with Crippen LogP contribution < -0.4 is 0 Å². The largest absolute Gasteiger partial charge is 0.465 e. The highest BCUT2D eigenvalue weighted by Crippen LogP contribution is 2.37. The van der Waals surface area contributed by atoms with Crippen molar-refractivity contribution in [2.75, 3.05) is 118 Å². The summed E-state index contributed by atoms with van der Waals surface area (Å²) in [5.41, 5.74) is 0. The minimum atomic E-state index is -0.693. The maximum absolute atomic E-state index is 14.6. The molecule has 0 atom stereocenters. The van der Waals surface area contributed by atoms with Gasteiger partial charge in [-0.2, -0.15) is 0 Å². The lowest BCUT2D eigenvalue weighted by Gasteiger charge is -2.31. The summed E-state index contributed by atoms with van der Waals surface area (Å²) in [5, 5.41) is 0. The Morgan fingerprint density at radius 1 is 0.170 bits per heavy atom. The summed E-state index contributed by atoms with van der Waals surface area (Å²) < 4.78 is 51.5. The predicted octanol–water partition coefficient (Wildman–Crippen LogP) is 32.5. The standard InChI is InChI=1S/C126H225N3O18/c1-7-13-19-25-43-61-79-103-139-118(130)88-67-49-31-37-55-73-94-127(95-74-56-38-32-50-68-89-119(131)140-104-80-62-44-26-20-14-8-2)100-85-109-145-124(136)115-112-116(125(137)146-110-86-101-128(96-75-57-39-33-51-69-90-120(132)141-105-81-63-45-27-21-15-9-3)97-76-58-40-34-52-70-91-121(133)142-106-82-64-46-28-22-16-10-4)114-117(113-115)126(138)147-111-87-102-129(98-77-59-41-35-53-71-92-122(134)143-107-83-65-47-29-23-17-11-5)99-78-60-42-36-54-72-93-123(135)144-108-84-66-48-30-24-18-12-6/h61-66,79-84,115-117H,7-60,67-78,85-114H2,1-6H3/b79-61-,80-62-,81-63-,82-64-,83-65-,84-66-/t115-,116+,117-. The van der Waals surface area contributed by atoms with Crippen LogP contribution in [0.1, 0.15) is 542 Å². The molecule has 0 unspecified atom stereocenters. The molecular formula is C126H225N3O18. The second kappa shape index (κ2) is 111. The molecule has 0 amide bonds. The van der Waals surface area contributed by atoms with Crippen LogP contribution in [-0.4, -0.2) is 187 Å². The quantitative estimate of drug-likeness (QED) is 0.0238. The molecule has 0 aromatic heterocycles. The Kier molecular flexibility index (Phi) is 104. The van der Waals surface area contributed by atoms with Gasteiger partial charge in [0.2, 0.25) is 0 Å². The summed E-state index contributed by atoms with van der Waals surface area (Å²) in [6, 6.07) is 0. The Labute approximate surface area is 900 Å².